The van der Waals surface area contributed by atoms with Gasteiger partial charge in [-0.3, -0.25) is 10.1 Å². The number of nitrogens with zero attached hydrogens (tertiary/aromatic N) is 1. The molecule has 5 heteroatoms. The molecule has 0 amide bonds. The molecule has 2 aromatic rings. The molecule has 0 aliphatic heterocycles. The van der Waals surface area contributed by atoms with Gasteiger partial charge in [0.2, 0.25) is 0 Å². The molecule has 0 aromatic heterocycles. The van der Waals surface area contributed by atoms with E-state index in [1.807, 2.05) is 18.2 Å². The van der Waals surface area contributed by atoms with E-state index >= 15 is 0 Å². The van der Waals surface area contributed by atoms with E-state index in [-0.39, 0.29) is 10.6 Å². The molecule has 5 nitrogen and oxygen atoms in total. The van der Waals surface area contributed by atoms with Gasteiger partial charge >= 0.3 is 0 Å². The van der Waals surface area contributed by atoms with Crippen LogP contribution in [0.1, 0.15) is 11.1 Å². The summed E-state index contributed by atoms with van der Waals surface area (Å²) in [5, 5.41) is 12.8. The number of quaternary nitrogens is 1. The molecule has 2 rings (SSSR count). The molecule has 0 unspecified atom stereocenters. The fourth-order valence-electron chi connectivity index (χ4n) is 2.12. The van der Waals surface area contributed by atoms with Crippen molar-refractivity contribution in [3.05, 3.63) is 69.8 Å². The van der Waals surface area contributed by atoms with E-state index in [1.54, 1.807) is 31.4 Å². The summed E-state index contributed by atoms with van der Waals surface area (Å²) in [6.45, 7) is 1.78. The Labute approximate surface area is 123 Å². The summed E-state index contributed by atoms with van der Waals surface area (Å²) >= 11 is 0. The predicted octanol–water partition coefficient (Wildman–Crippen LogP) is 1.91. The van der Waals surface area contributed by atoms with Gasteiger partial charge in [-0.25, -0.2) is 0 Å². The van der Waals surface area contributed by atoms with Crippen molar-refractivity contribution in [3.63, 3.8) is 0 Å². The van der Waals surface area contributed by atoms with Crippen molar-refractivity contribution >= 4 is 5.69 Å². The van der Waals surface area contributed by atoms with Crippen LogP contribution >= 0.6 is 0 Å². The first-order chi connectivity index (χ1) is 10.2. The molecule has 21 heavy (non-hydrogen) atoms. The average Bonchev–Trinajstić information content (AvgIpc) is 2.52. The third kappa shape index (κ3) is 4.57. The fraction of sp³-hybridized carbons (Fsp3) is 0.250. The number of nitro benzene ring substituents is 1. The Hall–Kier alpha value is -2.40. The van der Waals surface area contributed by atoms with Crippen molar-refractivity contribution in [2.75, 3.05) is 13.7 Å². The van der Waals surface area contributed by atoms with Gasteiger partial charge in [-0.2, -0.15) is 0 Å². The Balaban J connectivity index is 1.77. The van der Waals surface area contributed by atoms with Crippen molar-refractivity contribution in [2.45, 2.75) is 13.0 Å². The Bertz CT molecular complexity index is 597. The van der Waals surface area contributed by atoms with Gasteiger partial charge in [0.15, 0.2) is 0 Å². The molecule has 0 aliphatic rings. The lowest BCUT2D eigenvalue weighted by Crippen LogP contribution is -2.83. The van der Waals surface area contributed by atoms with E-state index in [9.17, 15) is 10.1 Å². The number of benzene rings is 2. The molecule has 0 heterocycles. The number of non-ortho nitro benzene ring substituents is 1. The molecule has 0 fully saturated rings. The van der Waals surface area contributed by atoms with Crippen LogP contribution in [0.3, 0.4) is 0 Å². The molecular weight excluding hydrogens is 268 g/mol. The molecular formula is C16H19N2O3+. The first kappa shape index (κ1) is 15.0. The van der Waals surface area contributed by atoms with E-state index in [4.69, 9.17) is 4.74 Å². The van der Waals surface area contributed by atoms with Crippen molar-refractivity contribution < 1.29 is 15.0 Å². The van der Waals surface area contributed by atoms with Gasteiger partial charge in [0, 0.05) is 24.1 Å². The zero-order valence-corrected chi connectivity index (χ0v) is 12.0. The molecule has 0 saturated carbocycles. The van der Waals surface area contributed by atoms with Crippen LogP contribution in [0.2, 0.25) is 0 Å². The number of nitro groups is 1. The largest absolute Gasteiger partial charge is 0.497 e. The van der Waals surface area contributed by atoms with Gasteiger partial charge in [0.05, 0.1) is 18.6 Å². The minimum absolute atomic E-state index is 0.134. The van der Waals surface area contributed by atoms with Gasteiger partial charge in [-0.15, -0.1) is 0 Å². The third-order valence-electron chi connectivity index (χ3n) is 3.30. The average molecular weight is 287 g/mol. The van der Waals surface area contributed by atoms with Crippen molar-refractivity contribution in [3.8, 4) is 5.75 Å². The summed E-state index contributed by atoms with van der Waals surface area (Å²) in [7, 11) is 1.67. The van der Waals surface area contributed by atoms with Crippen molar-refractivity contribution in [1.29, 1.82) is 0 Å². The van der Waals surface area contributed by atoms with Gasteiger partial charge < -0.3 is 10.1 Å². The standard InChI is InChI=1S/C16H18N2O3/c1-21-16-4-2-3-13(11-16)9-10-17-12-14-5-7-15(8-6-14)18(19)20/h2-8,11,17H,9-10,12H2,1H3/p+1. The molecule has 2 N–H and O–H groups in total. The van der Waals surface area contributed by atoms with E-state index in [1.165, 1.54) is 5.56 Å². The smallest absolute Gasteiger partial charge is 0.269 e. The molecule has 2 aromatic carbocycles. The zero-order valence-electron chi connectivity index (χ0n) is 12.0. The minimum Gasteiger partial charge on any atom is -0.497 e. The van der Waals surface area contributed by atoms with Crippen LogP contribution in [0, 0.1) is 10.1 Å². The monoisotopic (exact) mass is 287 g/mol. The summed E-state index contributed by atoms with van der Waals surface area (Å²) in [6.07, 6.45) is 0.962. The lowest BCUT2D eigenvalue weighted by molar-refractivity contribution is -0.670. The first-order valence-electron chi connectivity index (χ1n) is 6.87. The summed E-state index contributed by atoms with van der Waals surface area (Å²) in [5.41, 5.74) is 2.47. The second kappa shape index (κ2) is 7.40. The highest BCUT2D eigenvalue weighted by atomic mass is 16.6. The van der Waals surface area contributed by atoms with Crippen LogP contribution in [-0.4, -0.2) is 18.6 Å². The minimum atomic E-state index is -0.379. The van der Waals surface area contributed by atoms with Crippen molar-refractivity contribution in [2.24, 2.45) is 0 Å². The van der Waals surface area contributed by atoms with Crippen LogP contribution in [-0.2, 0) is 13.0 Å². The van der Waals surface area contributed by atoms with Gasteiger partial charge in [-0.05, 0) is 29.8 Å². The highest BCUT2D eigenvalue weighted by Crippen LogP contribution is 2.12. The molecule has 0 atom stereocenters. The Morgan fingerprint density at radius 2 is 1.90 bits per heavy atom. The van der Waals surface area contributed by atoms with Crippen LogP contribution in [0.5, 0.6) is 5.75 Å². The summed E-state index contributed by atoms with van der Waals surface area (Å²) in [6, 6.07) is 14.8. The van der Waals surface area contributed by atoms with Gasteiger partial charge in [0.25, 0.3) is 5.69 Å². The molecule has 110 valence electrons. The summed E-state index contributed by atoms with van der Waals surface area (Å²) < 4.78 is 5.20. The Morgan fingerprint density at radius 3 is 2.57 bits per heavy atom. The van der Waals surface area contributed by atoms with Gasteiger partial charge in [-0.1, -0.05) is 12.1 Å². The quantitative estimate of drug-likeness (QED) is 0.480. The predicted molar refractivity (Wildman–Crippen MR) is 80.3 cm³/mol. The highest BCUT2D eigenvalue weighted by molar-refractivity contribution is 5.32. The molecule has 0 spiro atoms. The SMILES string of the molecule is COc1cccc(CC[NH2+]Cc2ccc([N+](=O)[O-])cc2)c1. The zero-order chi connectivity index (χ0) is 15.1. The van der Waals surface area contributed by atoms with Crippen LogP contribution in [0.15, 0.2) is 48.5 Å². The van der Waals surface area contributed by atoms with Crippen LogP contribution in [0.4, 0.5) is 5.69 Å². The van der Waals surface area contributed by atoms with E-state index in [0.717, 1.165) is 30.8 Å². The Morgan fingerprint density at radius 1 is 1.14 bits per heavy atom. The number of hydrogen-bond acceptors (Lipinski definition) is 3. The number of hydrogen-bond donors (Lipinski definition) is 1. The summed E-state index contributed by atoms with van der Waals surface area (Å²) in [4.78, 5) is 10.2. The van der Waals surface area contributed by atoms with E-state index < -0.39 is 0 Å². The van der Waals surface area contributed by atoms with Gasteiger partial charge in [0.1, 0.15) is 12.3 Å². The number of nitrogens with two attached hydrogens (primary N) is 1. The normalized spacial score (nSPS) is 10.3. The van der Waals surface area contributed by atoms with E-state index in [2.05, 4.69) is 11.4 Å². The lowest BCUT2D eigenvalue weighted by Gasteiger charge is -2.04. The van der Waals surface area contributed by atoms with E-state index in [0.29, 0.717) is 0 Å². The van der Waals surface area contributed by atoms with Crippen molar-refractivity contribution in [1.82, 2.24) is 0 Å². The molecule has 0 saturated heterocycles. The maximum absolute atomic E-state index is 10.6. The fourth-order valence-corrected chi connectivity index (χ4v) is 2.12. The first-order valence-corrected chi connectivity index (χ1v) is 6.87. The third-order valence-corrected chi connectivity index (χ3v) is 3.30. The molecule has 0 aliphatic carbocycles. The summed E-state index contributed by atoms with van der Waals surface area (Å²) in [5.74, 6) is 0.878. The topological polar surface area (TPSA) is 69.0 Å². The highest BCUT2D eigenvalue weighted by Gasteiger charge is 2.04. The maximum atomic E-state index is 10.6. The Kier molecular flexibility index (Phi) is 5.29. The second-order valence-corrected chi connectivity index (χ2v) is 4.81. The number of ether oxygens (including phenoxy) is 1. The lowest BCUT2D eigenvalue weighted by atomic mass is 10.1. The maximum Gasteiger partial charge on any atom is 0.269 e. The number of methoxy groups -OCH3 is 1. The molecule has 0 bridgehead atoms. The molecule has 0 radical (unpaired) electrons. The number of rotatable bonds is 7. The van der Waals surface area contributed by atoms with Crippen LogP contribution in [0.25, 0.3) is 0 Å². The van der Waals surface area contributed by atoms with Crippen LogP contribution < -0.4 is 10.1 Å². The second-order valence-electron chi connectivity index (χ2n) is 4.81.